The van der Waals surface area contributed by atoms with Gasteiger partial charge in [0.1, 0.15) is 12.4 Å². The molecule has 3 aromatic rings. The Balaban J connectivity index is 1.29. The van der Waals surface area contributed by atoms with Crippen LogP contribution in [0.3, 0.4) is 0 Å². The minimum Gasteiger partial charge on any atom is -0.445 e. The Kier molecular flexibility index (Phi) is 5.76. The number of amides is 1. The van der Waals surface area contributed by atoms with Crippen LogP contribution < -0.4 is 0 Å². The van der Waals surface area contributed by atoms with E-state index in [0.717, 1.165) is 5.56 Å². The maximum atomic E-state index is 13.1. The van der Waals surface area contributed by atoms with Gasteiger partial charge >= 0.3 is 6.09 Å². The number of tetrazole rings is 1. The molecule has 0 bridgehead atoms. The van der Waals surface area contributed by atoms with Crippen molar-refractivity contribution in [2.24, 2.45) is 0 Å². The van der Waals surface area contributed by atoms with Gasteiger partial charge in [0.2, 0.25) is 0 Å². The van der Waals surface area contributed by atoms with E-state index in [1.54, 1.807) is 21.7 Å². The van der Waals surface area contributed by atoms with Crippen molar-refractivity contribution in [2.75, 3.05) is 26.2 Å². The highest BCUT2D eigenvalue weighted by Crippen LogP contribution is 2.13. The largest absolute Gasteiger partial charge is 0.445 e. The summed E-state index contributed by atoms with van der Waals surface area (Å²) in [6, 6.07) is 15.6. The van der Waals surface area contributed by atoms with Crippen molar-refractivity contribution in [3.05, 3.63) is 71.8 Å². The number of rotatable bonds is 5. The summed E-state index contributed by atoms with van der Waals surface area (Å²) in [7, 11) is 0. The molecule has 29 heavy (non-hydrogen) atoms. The van der Waals surface area contributed by atoms with Crippen LogP contribution >= 0.6 is 0 Å². The fourth-order valence-electron chi connectivity index (χ4n) is 3.19. The molecule has 150 valence electrons. The zero-order valence-corrected chi connectivity index (χ0v) is 15.8. The predicted molar refractivity (Wildman–Crippen MR) is 103 cm³/mol. The molecule has 0 spiro atoms. The Morgan fingerprint density at radius 1 is 1.00 bits per heavy atom. The predicted octanol–water partition coefficient (Wildman–Crippen LogP) is 2.26. The number of hydrogen-bond acceptors (Lipinski definition) is 6. The van der Waals surface area contributed by atoms with E-state index >= 15 is 0 Å². The molecule has 9 heteroatoms. The van der Waals surface area contributed by atoms with Gasteiger partial charge in [0.15, 0.2) is 5.82 Å². The van der Waals surface area contributed by atoms with E-state index in [0.29, 0.717) is 44.2 Å². The van der Waals surface area contributed by atoms with E-state index in [9.17, 15) is 9.18 Å². The summed E-state index contributed by atoms with van der Waals surface area (Å²) in [4.78, 5) is 16.2. The van der Waals surface area contributed by atoms with E-state index in [2.05, 4.69) is 20.4 Å². The lowest BCUT2D eigenvalue weighted by molar-refractivity contribution is 0.0693. The minimum atomic E-state index is -0.307. The molecule has 1 aliphatic heterocycles. The lowest BCUT2D eigenvalue weighted by atomic mass is 10.2. The first-order chi connectivity index (χ1) is 14.2. The third-order valence-electron chi connectivity index (χ3n) is 4.81. The van der Waals surface area contributed by atoms with Crippen LogP contribution in [0.1, 0.15) is 11.4 Å². The van der Waals surface area contributed by atoms with Crippen molar-refractivity contribution in [1.29, 1.82) is 0 Å². The van der Waals surface area contributed by atoms with Crippen molar-refractivity contribution in [2.45, 2.75) is 13.2 Å². The van der Waals surface area contributed by atoms with E-state index in [1.165, 1.54) is 12.1 Å². The second-order valence-corrected chi connectivity index (χ2v) is 6.79. The SMILES string of the molecule is O=C(OCc1ccccc1)N1CCN(Cc2nnnn2-c2ccc(F)cc2)CC1. The molecule has 1 aromatic heterocycles. The lowest BCUT2D eigenvalue weighted by Gasteiger charge is -2.33. The Bertz CT molecular complexity index is 939. The molecule has 0 radical (unpaired) electrons. The summed E-state index contributed by atoms with van der Waals surface area (Å²) in [5, 5.41) is 11.8. The van der Waals surface area contributed by atoms with Gasteiger partial charge in [0.25, 0.3) is 0 Å². The molecule has 0 saturated carbocycles. The summed E-state index contributed by atoms with van der Waals surface area (Å²) >= 11 is 0. The summed E-state index contributed by atoms with van der Waals surface area (Å²) in [5.74, 6) is 0.357. The second kappa shape index (κ2) is 8.78. The van der Waals surface area contributed by atoms with Gasteiger partial charge < -0.3 is 9.64 Å². The molecule has 1 fully saturated rings. The number of aromatic nitrogens is 4. The molecule has 1 aliphatic rings. The van der Waals surface area contributed by atoms with Crippen molar-refractivity contribution in [1.82, 2.24) is 30.0 Å². The Labute approximate surface area is 167 Å². The topological polar surface area (TPSA) is 76.4 Å². The molecular weight excluding hydrogens is 375 g/mol. The molecule has 2 heterocycles. The summed E-state index contributed by atoms with van der Waals surface area (Å²) < 4.78 is 20.1. The van der Waals surface area contributed by atoms with Crippen molar-refractivity contribution < 1.29 is 13.9 Å². The van der Waals surface area contributed by atoms with Gasteiger partial charge in [0.05, 0.1) is 12.2 Å². The first-order valence-corrected chi connectivity index (χ1v) is 9.40. The number of piperazine rings is 1. The Morgan fingerprint density at radius 2 is 1.72 bits per heavy atom. The number of nitrogens with zero attached hydrogens (tertiary/aromatic N) is 6. The van der Waals surface area contributed by atoms with Gasteiger partial charge in [-0.05, 0) is 40.3 Å². The Morgan fingerprint density at radius 3 is 2.45 bits per heavy atom. The number of ether oxygens (including phenoxy) is 1. The molecule has 8 nitrogen and oxygen atoms in total. The number of carbonyl (C=O) groups excluding carboxylic acids is 1. The fraction of sp³-hybridized carbons (Fsp3) is 0.300. The molecule has 2 aromatic carbocycles. The quantitative estimate of drug-likeness (QED) is 0.659. The van der Waals surface area contributed by atoms with Crippen molar-refractivity contribution in [3.8, 4) is 5.69 Å². The first kappa shape index (κ1) is 19.0. The van der Waals surface area contributed by atoms with Crippen LogP contribution in [0.25, 0.3) is 5.69 Å². The van der Waals surface area contributed by atoms with Gasteiger partial charge in [-0.2, -0.15) is 4.68 Å². The zero-order chi connectivity index (χ0) is 20.1. The summed E-state index contributed by atoms with van der Waals surface area (Å²) in [6.07, 6.45) is -0.301. The smallest absolute Gasteiger partial charge is 0.410 e. The normalized spacial score (nSPS) is 14.7. The number of halogens is 1. The third-order valence-corrected chi connectivity index (χ3v) is 4.81. The van der Waals surface area contributed by atoms with Crippen LogP contribution in [0.4, 0.5) is 9.18 Å². The van der Waals surface area contributed by atoms with Gasteiger partial charge in [-0.3, -0.25) is 4.90 Å². The average Bonchev–Trinajstić information content (AvgIpc) is 3.22. The molecule has 0 N–H and O–H groups in total. The zero-order valence-electron chi connectivity index (χ0n) is 15.8. The van der Waals surface area contributed by atoms with Crippen LogP contribution in [0.5, 0.6) is 0 Å². The maximum absolute atomic E-state index is 13.1. The van der Waals surface area contributed by atoms with Crippen LogP contribution in [0.2, 0.25) is 0 Å². The third kappa shape index (κ3) is 4.75. The van der Waals surface area contributed by atoms with E-state index < -0.39 is 0 Å². The van der Waals surface area contributed by atoms with E-state index in [1.807, 2.05) is 30.3 Å². The van der Waals surface area contributed by atoms with Crippen LogP contribution in [0.15, 0.2) is 54.6 Å². The van der Waals surface area contributed by atoms with Gasteiger partial charge in [-0.15, -0.1) is 5.10 Å². The fourth-order valence-corrected chi connectivity index (χ4v) is 3.19. The second-order valence-electron chi connectivity index (χ2n) is 6.79. The monoisotopic (exact) mass is 396 g/mol. The average molecular weight is 396 g/mol. The number of carbonyl (C=O) groups is 1. The van der Waals surface area contributed by atoms with Gasteiger partial charge in [0, 0.05) is 26.2 Å². The number of benzene rings is 2. The molecular formula is C20H21FN6O2. The first-order valence-electron chi connectivity index (χ1n) is 9.40. The number of hydrogen-bond donors (Lipinski definition) is 0. The molecule has 0 unspecified atom stereocenters. The standard InChI is InChI=1S/C20H21FN6O2/c21-17-6-8-18(9-7-17)27-19(22-23-24-27)14-25-10-12-26(13-11-25)20(28)29-15-16-4-2-1-3-5-16/h1-9H,10-15H2. The maximum Gasteiger partial charge on any atom is 0.410 e. The van der Waals surface area contributed by atoms with E-state index in [-0.39, 0.29) is 18.5 Å². The molecule has 0 atom stereocenters. The van der Waals surface area contributed by atoms with Crippen LogP contribution in [0, 0.1) is 5.82 Å². The molecule has 4 rings (SSSR count). The van der Waals surface area contributed by atoms with E-state index in [4.69, 9.17) is 4.74 Å². The van der Waals surface area contributed by atoms with Crippen molar-refractivity contribution >= 4 is 6.09 Å². The van der Waals surface area contributed by atoms with Crippen LogP contribution in [-0.2, 0) is 17.9 Å². The Hall–Kier alpha value is -3.33. The molecule has 0 aliphatic carbocycles. The summed E-state index contributed by atoms with van der Waals surface area (Å²) in [6.45, 7) is 3.34. The highest BCUT2D eigenvalue weighted by Gasteiger charge is 2.23. The lowest BCUT2D eigenvalue weighted by Crippen LogP contribution is -2.48. The highest BCUT2D eigenvalue weighted by molar-refractivity contribution is 5.67. The van der Waals surface area contributed by atoms with Crippen LogP contribution in [-0.4, -0.2) is 62.3 Å². The molecule has 1 amide bonds. The minimum absolute atomic E-state index is 0.270. The van der Waals surface area contributed by atoms with Gasteiger partial charge in [-0.25, -0.2) is 9.18 Å². The van der Waals surface area contributed by atoms with Crippen molar-refractivity contribution in [3.63, 3.8) is 0 Å². The molecule has 1 saturated heterocycles. The highest BCUT2D eigenvalue weighted by atomic mass is 19.1. The van der Waals surface area contributed by atoms with Gasteiger partial charge in [-0.1, -0.05) is 30.3 Å². The summed E-state index contributed by atoms with van der Waals surface area (Å²) in [5.41, 5.74) is 1.67.